The Kier molecular flexibility index (Phi) is 27.9. The summed E-state index contributed by atoms with van der Waals surface area (Å²) in [5, 5.41) is 8.89. The highest BCUT2D eigenvalue weighted by Gasteiger charge is 2.09. The normalized spacial score (nSPS) is 11.7. The summed E-state index contributed by atoms with van der Waals surface area (Å²) in [4.78, 5) is 35.5. The van der Waals surface area contributed by atoms with E-state index in [2.05, 4.69) is 82.7 Å². The Morgan fingerprint density at radius 1 is 0.488 bits per heavy atom. The first kappa shape index (κ1) is 41.3. The van der Waals surface area contributed by atoms with E-state index in [0.29, 0.717) is 26.3 Å². The maximum Gasteiger partial charge on any atom is 0.407 e. The van der Waals surface area contributed by atoms with Gasteiger partial charge in [-0.3, -0.25) is 9.80 Å². The monoisotopic (exact) mass is 621 g/mol. The number of rotatable bonds is 29. The van der Waals surface area contributed by atoms with Gasteiger partial charge in [0.25, 0.3) is 0 Å². The van der Waals surface area contributed by atoms with Crippen molar-refractivity contribution >= 4 is 12.2 Å². The fourth-order valence-corrected chi connectivity index (χ4v) is 4.60. The molecule has 3 N–H and O–H groups in total. The van der Waals surface area contributed by atoms with E-state index < -0.39 is 0 Å². The number of unbranched alkanes of at least 4 members (excludes halogenated alkanes) is 3. The van der Waals surface area contributed by atoms with E-state index in [1.54, 1.807) is 0 Å². The lowest BCUT2D eigenvalue weighted by Gasteiger charge is -2.23. The van der Waals surface area contributed by atoms with Crippen LogP contribution in [-0.4, -0.2) is 178 Å². The first-order valence-corrected chi connectivity index (χ1v) is 16.5. The molecular formula is C31H72N8O4. The summed E-state index contributed by atoms with van der Waals surface area (Å²) in [5.74, 6) is 0. The van der Waals surface area contributed by atoms with Gasteiger partial charge < -0.3 is 40.1 Å². The molecule has 0 atom stereocenters. The highest BCUT2D eigenvalue weighted by Crippen LogP contribution is 2.00. The minimum absolute atomic E-state index is 0. The first-order valence-electron chi connectivity index (χ1n) is 16.5. The number of nitrogens with one attached hydrogen (secondary N) is 3. The van der Waals surface area contributed by atoms with Crippen LogP contribution in [0.15, 0.2) is 0 Å². The van der Waals surface area contributed by atoms with Crippen LogP contribution < -0.4 is 16.0 Å². The van der Waals surface area contributed by atoms with Crippen molar-refractivity contribution in [3.8, 4) is 0 Å². The molecule has 0 saturated carbocycles. The van der Waals surface area contributed by atoms with Gasteiger partial charge >= 0.3 is 12.2 Å². The second-order valence-electron chi connectivity index (χ2n) is 12.2. The SMILES string of the molecule is CNCCCN(CCCN(C)C)CCOC(=O)NCCCCCCNC(=O)OCCN(CCCN(C)C)CCCN(C)C.[HH].[HH]. The fourth-order valence-electron chi connectivity index (χ4n) is 4.60. The average molecular weight is 621 g/mol. The molecule has 0 heterocycles. The fraction of sp³-hybridized carbons (Fsp3) is 0.935. The molecular weight excluding hydrogens is 548 g/mol. The second-order valence-corrected chi connectivity index (χ2v) is 12.2. The standard InChI is InChI=1S/C31H68N8O4.2H2/c1-32-16-12-22-38(23-13-19-35(2)3)26-28-42-30(40)33-17-10-8-9-11-18-34-31(41)43-29-27-39(24-14-20-36(4)5)25-15-21-37(6)7;;/h32H,8-29H2,1-7H3,(H,33,40)(H,34,41);2*1H. The Morgan fingerprint density at radius 3 is 1.21 bits per heavy atom. The number of hydrogen-bond acceptors (Lipinski definition) is 10. The zero-order chi connectivity index (χ0) is 32.1. The Labute approximate surface area is 267 Å². The Hall–Kier alpha value is -1.70. The van der Waals surface area contributed by atoms with Gasteiger partial charge in [0.2, 0.25) is 0 Å². The molecule has 0 rings (SSSR count). The van der Waals surface area contributed by atoms with Gasteiger partial charge in [0.05, 0.1) is 0 Å². The van der Waals surface area contributed by atoms with Gasteiger partial charge in [-0.1, -0.05) is 12.8 Å². The molecule has 260 valence electrons. The molecule has 12 nitrogen and oxygen atoms in total. The third kappa shape index (κ3) is 30.1. The molecule has 0 unspecified atom stereocenters. The lowest BCUT2D eigenvalue weighted by molar-refractivity contribution is 0.123. The van der Waals surface area contributed by atoms with Crippen molar-refractivity contribution in [1.29, 1.82) is 0 Å². The Morgan fingerprint density at radius 2 is 0.860 bits per heavy atom. The van der Waals surface area contributed by atoms with Crippen molar-refractivity contribution in [3.63, 3.8) is 0 Å². The highest BCUT2D eigenvalue weighted by molar-refractivity contribution is 5.67. The van der Waals surface area contributed by atoms with Crippen LogP contribution >= 0.6 is 0 Å². The van der Waals surface area contributed by atoms with Gasteiger partial charge in [-0.05, 0) is 140 Å². The molecule has 0 aromatic heterocycles. The summed E-state index contributed by atoms with van der Waals surface area (Å²) in [5.41, 5.74) is 0. The largest absolute Gasteiger partial charge is 0.448 e. The number of alkyl carbamates (subject to hydrolysis) is 2. The second kappa shape index (κ2) is 29.0. The molecule has 2 amide bonds. The van der Waals surface area contributed by atoms with Crippen molar-refractivity contribution in [2.75, 3.05) is 141 Å². The predicted octanol–water partition coefficient (Wildman–Crippen LogP) is 2.56. The van der Waals surface area contributed by atoms with E-state index >= 15 is 0 Å². The Balaban J connectivity index is -0.00000882. The smallest absolute Gasteiger partial charge is 0.407 e. The summed E-state index contributed by atoms with van der Waals surface area (Å²) in [6.45, 7) is 11.7. The molecule has 0 fully saturated rings. The molecule has 0 aromatic rings. The van der Waals surface area contributed by atoms with Gasteiger partial charge in [-0.15, -0.1) is 0 Å². The highest BCUT2D eigenvalue weighted by atomic mass is 16.6. The number of carbonyl (C=O) groups is 2. The predicted molar refractivity (Wildman–Crippen MR) is 182 cm³/mol. The number of nitrogens with zero attached hydrogens (tertiary/aromatic N) is 5. The summed E-state index contributed by atoms with van der Waals surface area (Å²) in [6, 6.07) is 0. The van der Waals surface area contributed by atoms with Crippen LogP contribution in [0.1, 0.15) is 54.2 Å². The van der Waals surface area contributed by atoms with Crippen molar-refractivity contribution in [1.82, 2.24) is 40.4 Å². The third-order valence-electron chi connectivity index (χ3n) is 7.06. The molecule has 43 heavy (non-hydrogen) atoms. The van der Waals surface area contributed by atoms with Gasteiger partial charge in [0.1, 0.15) is 13.2 Å². The van der Waals surface area contributed by atoms with Gasteiger partial charge in [-0.2, -0.15) is 0 Å². The molecule has 0 saturated heterocycles. The molecule has 0 aliphatic heterocycles. The average Bonchev–Trinajstić information content (AvgIpc) is 2.93. The van der Waals surface area contributed by atoms with Crippen molar-refractivity contribution in [2.45, 2.75) is 51.4 Å². The lowest BCUT2D eigenvalue weighted by Crippen LogP contribution is -2.34. The van der Waals surface area contributed by atoms with Crippen LogP contribution in [0, 0.1) is 0 Å². The first-order chi connectivity index (χ1) is 20.6. The molecule has 12 heteroatoms. The Bertz CT molecular complexity index is 653. The molecule has 0 aliphatic rings. The van der Waals surface area contributed by atoms with E-state index in [1.807, 2.05) is 7.05 Å². The van der Waals surface area contributed by atoms with Crippen molar-refractivity contribution in [3.05, 3.63) is 0 Å². The summed E-state index contributed by atoms with van der Waals surface area (Å²) in [6.07, 6.45) is 7.44. The van der Waals surface area contributed by atoms with Gasteiger partial charge in [-0.25, -0.2) is 9.59 Å². The van der Waals surface area contributed by atoms with Crippen molar-refractivity contribution in [2.24, 2.45) is 0 Å². The summed E-state index contributed by atoms with van der Waals surface area (Å²) >= 11 is 0. The van der Waals surface area contributed by atoms with Crippen LogP contribution in [0.2, 0.25) is 0 Å². The summed E-state index contributed by atoms with van der Waals surface area (Å²) < 4.78 is 10.8. The minimum atomic E-state index is -0.346. The van der Waals surface area contributed by atoms with E-state index in [9.17, 15) is 9.59 Å². The molecule has 0 radical (unpaired) electrons. The maximum atomic E-state index is 12.1. The third-order valence-corrected chi connectivity index (χ3v) is 7.06. The molecule has 0 bridgehead atoms. The number of ether oxygens (including phenoxy) is 2. The van der Waals surface area contributed by atoms with E-state index in [4.69, 9.17) is 9.47 Å². The van der Waals surface area contributed by atoms with Crippen LogP contribution in [0.4, 0.5) is 9.59 Å². The lowest BCUT2D eigenvalue weighted by atomic mass is 10.2. The molecule has 0 aliphatic carbocycles. The quantitative estimate of drug-likeness (QED) is 0.108. The van der Waals surface area contributed by atoms with Gasteiger partial charge in [0.15, 0.2) is 0 Å². The molecule has 0 spiro atoms. The molecule has 0 aromatic carbocycles. The number of hydrogen-bond donors (Lipinski definition) is 3. The van der Waals surface area contributed by atoms with E-state index in [1.165, 1.54) is 0 Å². The number of carbonyl (C=O) groups excluding carboxylic acids is 2. The minimum Gasteiger partial charge on any atom is -0.448 e. The van der Waals surface area contributed by atoms with E-state index in [0.717, 1.165) is 117 Å². The maximum absolute atomic E-state index is 12.1. The number of amides is 2. The topological polar surface area (TPSA) is 105 Å². The van der Waals surface area contributed by atoms with Crippen molar-refractivity contribution < 1.29 is 21.9 Å². The van der Waals surface area contributed by atoms with Crippen LogP contribution in [-0.2, 0) is 9.47 Å². The van der Waals surface area contributed by atoms with E-state index in [-0.39, 0.29) is 15.0 Å². The summed E-state index contributed by atoms with van der Waals surface area (Å²) in [7, 11) is 14.5. The zero-order valence-electron chi connectivity index (χ0n) is 28.9. The van der Waals surface area contributed by atoms with Crippen LogP contribution in [0.3, 0.4) is 0 Å². The van der Waals surface area contributed by atoms with Crippen LogP contribution in [0.5, 0.6) is 0 Å². The van der Waals surface area contributed by atoms with Gasteiger partial charge in [0, 0.05) is 29.0 Å². The van der Waals surface area contributed by atoms with Crippen LogP contribution in [0.25, 0.3) is 0 Å². The zero-order valence-corrected chi connectivity index (χ0v) is 28.9.